The number of H-pyrrole nitrogens is 1. The third-order valence-corrected chi connectivity index (χ3v) is 7.89. The Balaban J connectivity index is 1.47. The minimum absolute atomic E-state index is 0.149. The van der Waals surface area contributed by atoms with Gasteiger partial charge in [-0.15, -0.1) is 0 Å². The predicted molar refractivity (Wildman–Crippen MR) is 133 cm³/mol. The van der Waals surface area contributed by atoms with Crippen molar-refractivity contribution in [3.63, 3.8) is 0 Å². The van der Waals surface area contributed by atoms with Gasteiger partial charge in [0.25, 0.3) is 5.91 Å². The zero-order valence-corrected chi connectivity index (χ0v) is 20.0. The van der Waals surface area contributed by atoms with Crippen molar-refractivity contribution in [3.8, 4) is 0 Å². The maximum atomic E-state index is 13.8. The summed E-state index contributed by atoms with van der Waals surface area (Å²) in [7, 11) is 2.01. The summed E-state index contributed by atoms with van der Waals surface area (Å²) in [6.45, 7) is 2.78. The maximum absolute atomic E-state index is 13.8. The molecule has 172 valence electrons. The number of rotatable bonds is 5. The van der Waals surface area contributed by atoms with Crippen molar-refractivity contribution in [2.45, 2.75) is 51.2 Å². The topological polar surface area (TPSA) is 84.1 Å². The molecular formula is C25H25N7OS. The van der Waals surface area contributed by atoms with Gasteiger partial charge in [0.15, 0.2) is 5.49 Å². The van der Waals surface area contributed by atoms with E-state index in [1.807, 2.05) is 31.3 Å². The van der Waals surface area contributed by atoms with Gasteiger partial charge in [-0.25, -0.2) is 9.97 Å². The van der Waals surface area contributed by atoms with E-state index < -0.39 is 0 Å². The van der Waals surface area contributed by atoms with Crippen LogP contribution < -0.4 is 5.49 Å². The van der Waals surface area contributed by atoms with Gasteiger partial charge in [-0.1, -0.05) is 23.5 Å². The standard InChI is InChI=1S/C25H25N7OS/c1-3-31-18(24(33)32(14-8-9-14)15-10-11-15)12-16-20-21(27-13-26-20)22(30(2)23(16)31)29-25-28-17-6-4-5-7-19(17)34-25/h4-7,12-15H,3,8-11H2,1-2H3,(H,26,27). The number of thiazole rings is 1. The quantitative estimate of drug-likeness (QED) is 0.410. The molecule has 2 aliphatic carbocycles. The number of aryl methyl sites for hydroxylation is 2. The molecule has 4 heterocycles. The van der Waals surface area contributed by atoms with E-state index in [4.69, 9.17) is 9.98 Å². The van der Waals surface area contributed by atoms with Crippen molar-refractivity contribution >= 4 is 54.7 Å². The van der Waals surface area contributed by atoms with Crippen molar-refractivity contribution < 1.29 is 4.79 Å². The average molecular weight is 472 g/mol. The second-order valence-corrected chi connectivity index (χ2v) is 10.3. The number of hydrogen-bond acceptors (Lipinski definition) is 5. The fourth-order valence-corrected chi connectivity index (χ4v) is 5.94. The van der Waals surface area contributed by atoms with Crippen LogP contribution in [0.5, 0.6) is 0 Å². The zero-order chi connectivity index (χ0) is 23.0. The molecule has 4 aromatic heterocycles. The van der Waals surface area contributed by atoms with E-state index in [9.17, 15) is 4.79 Å². The van der Waals surface area contributed by atoms with Gasteiger partial charge in [0.05, 0.1) is 16.5 Å². The predicted octanol–water partition coefficient (Wildman–Crippen LogP) is 4.49. The fourth-order valence-electron chi connectivity index (χ4n) is 5.11. The van der Waals surface area contributed by atoms with Crippen LogP contribution in [0.2, 0.25) is 0 Å². The van der Waals surface area contributed by atoms with Gasteiger partial charge in [-0.3, -0.25) is 4.79 Å². The summed E-state index contributed by atoms with van der Waals surface area (Å²) in [5.74, 6) is 0.149. The van der Waals surface area contributed by atoms with Crippen LogP contribution in [0.3, 0.4) is 0 Å². The molecule has 0 radical (unpaired) electrons. The van der Waals surface area contributed by atoms with Gasteiger partial charge >= 0.3 is 0 Å². The SMILES string of the molecule is CCn1c(C(=O)N(C2CC2)C2CC2)cc2c3nc[nH]c3c(=Nc3nc4ccccc4s3)n(C)c21. The molecule has 0 atom stereocenters. The van der Waals surface area contributed by atoms with Crippen molar-refractivity contribution in [1.29, 1.82) is 0 Å². The summed E-state index contributed by atoms with van der Waals surface area (Å²) in [6.07, 6.45) is 6.19. The zero-order valence-electron chi connectivity index (χ0n) is 19.2. The molecule has 9 heteroatoms. The number of amides is 1. The third-order valence-electron chi connectivity index (χ3n) is 6.96. The Hall–Kier alpha value is -3.46. The molecule has 1 amide bonds. The lowest BCUT2D eigenvalue weighted by Crippen LogP contribution is -2.36. The summed E-state index contributed by atoms with van der Waals surface area (Å²) in [4.78, 5) is 33.5. The maximum Gasteiger partial charge on any atom is 0.271 e. The van der Waals surface area contributed by atoms with Gasteiger partial charge < -0.3 is 19.0 Å². The lowest BCUT2D eigenvalue weighted by Gasteiger charge is -2.23. The number of aromatic amines is 1. The molecule has 0 bridgehead atoms. The first kappa shape index (κ1) is 20.0. The molecule has 1 N–H and O–H groups in total. The van der Waals surface area contributed by atoms with Crippen LogP contribution in [-0.4, -0.2) is 47.0 Å². The number of carbonyl (C=O) groups excluding carboxylic acids is 1. The van der Waals surface area contributed by atoms with Crippen LogP contribution in [0.4, 0.5) is 5.13 Å². The van der Waals surface area contributed by atoms with Crippen molar-refractivity contribution in [3.05, 3.63) is 47.8 Å². The fraction of sp³-hybridized carbons (Fsp3) is 0.360. The highest BCUT2D eigenvalue weighted by Crippen LogP contribution is 2.39. The highest BCUT2D eigenvalue weighted by Gasteiger charge is 2.43. The Morgan fingerprint density at radius 2 is 2.00 bits per heavy atom. The summed E-state index contributed by atoms with van der Waals surface area (Å²) >= 11 is 1.57. The Kier molecular flexibility index (Phi) is 4.27. The monoisotopic (exact) mass is 471 g/mol. The van der Waals surface area contributed by atoms with E-state index in [0.29, 0.717) is 23.8 Å². The molecule has 2 saturated carbocycles. The second kappa shape index (κ2) is 7.27. The van der Waals surface area contributed by atoms with Crippen LogP contribution in [0.25, 0.3) is 32.3 Å². The first-order chi connectivity index (χ1) is 16.6. The number of nitrogens with one attached hydrogen (secondary N) is 1. The number of carbonyl (C=O) groups is 1. The number of aromatic nitrogens is 5. The van der Waals surface area contributed by atoms with Gasteiger partial charge in [-0.2, -0.15) is 4.99 Å². The lowest BCUT2D eigenvalue weighted by atomic mass is 10.2. The first-order valence-electron chi connectivity index (χ1n) is 11.9. The smallest absolute Gasteiger partial charge is 0.271 e. The van der Waals surface area contributed by atoms with E-state index in [2.05, 4.69) is 37.0 Å². The Labute approximate surface area is 199 Å². The number of hydrogen-bond donors (Lipinski definition) is 1. The molecule has 0 spiro atoms. The van der Waals surface area contributed by atoms with Crippen molar-refractivity contribution in [1.82, 2.24) is 29.0 Å². The van der Waals surface area contributed by atoms with E-state index in [0.717, 1.165) is 69.1 Å². The largest absolute Gasteiger partial charge is 0.342 e. The highest BCUT2D eigenvalue weighted by atomic mass is 32.1. The average Bonchev–Trinajstić information content (AvgIpc) is 3.72. The van der Waals surface area contributed by atoms with Crippen LogP contribution in [0, 0.1) is 0 Å². The van der Waals surface area contributed by atoms with Crippen molar-refractivity contribution in [2.75, 3.05) is 0 Å². The molecule has 0 aliphatic heterocycles. The molecule has 2 fully saturated rings. The van der Waals surface area contributed by atoms with Crippen LogP contribution in [0.1, 0.15) is 43.1 Å². The minimum Gasteiger partial charge on any atom is -0.342 e. The van der Waals surface area contributed by atoms with E-state index in [1.165, 1.54) is 0 Å². The van der Waals surface area contributed by atoms with Gasteiger partial charge in [0.1, 0.15) is 22.4 Å². The van der Waals surface area contributed by atoms with E-state index in [-0.39, 0.29) is 5.91 Å². The van der Waals surface area contributed by atoms with Crippen LogP contribution >= 0.6 is 11.3 Å². The molecular weight excluding hydrogens is 446 g/mol. The van der Waals surface area contributed by atoms with Crippen LogP contribution in [0.15, 0.2) is 41.7 Å². The molecule has 34 heavy (non-hydrogen) atoms. The van der Waals surface area contributed by atoms with Gasteiger partial charge in [0.2, 0.25) is 5.13 Å². The summed E-state index contributed by atoms with van der Waals surface area (Å²) in [5.41, 5.74) is 5.08. The summed E-state index contributed by atoms with van der Waals surface area (Å²) in [5, 5.41) is 1.67. The highest BCUT2D eigenvalue weighted by molar-refractivity contribution is 7.21. The summed E-state index contributed by atoms with van der Waals surface area (Å²) < 4.78 is 5.30. The first-order valence-corrected chi connectivity index (χ1v) is 12.7. The lowest BCUT2D eigenvalue weighted by molar-refractivity contribution is 0.0719. The van der Waals surface area contributed by atoms with Gasteiger partial charge in [-0.05, 0) is 50.8 Å². The number of pyridine rings is 1. The van der Waals surface area contributed by atoms with E-state index in [1.54, 1.807) is 17.7 Å². The molecule has 0 saturated heterocycles. The Morgan fingerprint density at radius 3 is 2.71 bits per heavy atom. The number of benzene rings is 1. The van der Waals surface area contributed by atoms with E-state index >= 15 is 0 Å². The number of imidazole rings is 1. The van der Waals surface area contributed by atoms with Gasteiger partial charge in [0, 0.05) is 31.1 Å². The molecule has 7 rings (SSSR count). The normalized spacial score (nSPS) is 16.8. The number of para-hydroxylation sites is 1. The number of nitrogens with zero attached hydrogens (tertiary/aromatic N) is 6. The third kappa shape index (κ3) is 2.96. The second-order valence-electron chi connectivity index (χ2n) is 9.27. The Morgan fingerprint density at radius 1 is 1.24 bits per heavy atom. The van der Waals surface area contributed by atoms with Crippen molar-refractivity contribution in [2.24, 2.45) is 12.0 Å². The summed E-state index contributed by atoms with van der Waals surface area (Å²) in [6, 6.07) is 10.9. The molecule has 1 aromatic carbocycles. The molecule has 5 aromatic rings. The number of fused-ring (bicyclic) bond motifs is 4. The molecule has 2 aliphatic rings. The molecule has 8 nitrogen and oxygen atoms in total. The molecule has 0 unspecified atom stereocenters. The Bertz CT molecular complexity index is 1620. The van der Waals surface area contributed by atoms with Crippen LogP contribution in [-0.2, 0) is 13.6 Å². The minimum atomic E-state index is 0.149.